The molecule has 7 nitrogen and oxygen atoms in total. The lowest BCUT2D eigenvalue weighted by Crippen LogP contribution is -2.39. The Bertz CT molecular complexity index is 927. The number of nitrogens with zero attached hydrogens (tertiary/aromatic N) is 2. The van der Waals surface area contributed by atoms with Crippen molar-refractivity contribution >= 4 is 17.5 Å². The standard InChI is InChI=1S/C24H28N2O5/c1-25(19-6-4-3-5-7-19)24(28)15-26-14-18(13-23(26)27)17-8-9-21(29-2)22(12-17)31-20-10-11-30-16-20/h3-9,12,18,20H,10-11,13-16H2,1-2H3/t18-,20-/m1/s1. The zero-order chi connectivity index (χ0) is 21.8. The van der Waals surface area contributed by atoms with Gasteiger partial charge in [0, 0.05) is 38.0 Å². The van der Waals surface area contributed by atoms with Crippen LogP contribution in [0.1, 0.15) is 24.3 Å². The molecular formula is C24H28N2O5. The maximum Gasteiger partial charge on any atom is 0.246 e. The van der Waals surface area contributed by atoms with Crippen LogP contribution in [0, 0.1) is 0 Å². The summed E-state index contributed by atoms with van der Waals surface area (Å²) in [7, 11) is 3.35. The Labute approximate surface area is 182 Å². The highest BCUT2D eigenvalue weighted by atomic mass is 16.6. The van der Waals surface area contributed by atoms with E-state index in [4.69, 9.17) is 14.2 Å². The van der Waals surface area contributed by atoms with E-state index in [0.717, 1.165) is 17.7 Å². The number of rotatable bonds is 7. The highest BCUT2D eigenvalue weighted by Gasteiger charge is 2.33. The van der Waals surface area contributed by atoms with Gasteiger partial charge in [0.15, 0.2) is 11.5 Å². The molecule has 164 valence electrons. The summed E-state index contributed by atoms with van der Waals surface area (Å²) in [5.74, 6) is 1.22. The Hall–Kier alpha value is -3.06. The third-order valence-electron chi connectivity index (χ3n) is 5.90. The summed E-state index contributed by atoms with van der Waals surface area (Å²) in [6, 6.07) is 15.2. The summed E-state index contributed by atoms with van der Waals surface area (Å²) in [6.45, 7) is 1.84. The van der Waals surface area contributed by atoms with Crippen molar-refractivity contribution in [1.29, 1.82) is 0 Å². The second kappa shape index (κ2) is 9.39. The van der Waals surface area contributed by atoms with Gasteiger partial charge in [-0.15, -0.1) is 0 Å². The van der Waals surface area contributed by atoms with Gasteiger partial charge in [-0.25, -0.2) is 0 Å². The van der Waals surface area contributed by atoms with Crippen molar-refractivity contribution in [2.75, 3.05) is 45.4 Å². The van der Waals surface area contributed by atoms with Gasteiger partial charge in [-0.3, -0.25) is 9.59 Å². The first-order valence-electron chi connectivity index (χ1n) is 10.6. The van der Waals surface area contributed by atoms with Crippen LogP contribution in [-0.4, -0.2) is 63.3 Å². The molecular weight excluding hydrogens is 396 g/mol. The predicted octanol–water partition coefficient (Wildman–Crippen LogP) is 2.84. The second-order valence-corrected chi connectivity index (χ2v) is 7.98. The number of benzene rings is 2. The largest absolute Gasteiger partial charge is 0.493 e. The number of hydrogen-bond acceptors (Lipinski definition) is 5. The van der Waals surface area contributed by atoms with Crippen molar-refractivity contribution in [3.05, 3.63) is 54.1 Å². The molecule has 2 saturated heterocycles. The SMILES string of the molecule is COc1ccc([C@@H]2CC(=O)N(CC(=O)N(C)c3ccccc3)C2)cc1O[C@@H]1CCOC1. The van der Waals surface area contributed by atoms with Gasteiger partial charge in [-0.2, -0.15) is 0 Å². The zero-order valence-corrected chi connectivity index (χ0v) is 18.0. The van der Waals surface area contributed by atoms with Crippen LogP contribution >= 0.6 is 0 Å². The van der Waals surface area contributed by atoms with Crippen molar-refractivity contribution in [1.82, 2.24) is 4.90 Å². The minimum absolute atomic E-state index is 0.00964. The molecule has 7 heteroatoms. The van der Waals surface area contributed by atoms with E-state index < -0.39 is 0 Å². The van der Waals surface area contributed by atoms with Crippen molar-refractivity contribution in [3.63, 3.8) is 0 Å². The van der Waals surface area contributed by atoms with E-state index in [9.17, 15) is 9.59 Å². The van der Waals surface area contributed by atoms with Crippen LogP contribution in [0.3, 0.4) is 0 Å². The average Bonchev–Trinajstić information content (AvgIpc) is 3.43. The molecule has 0 spiro atoms. The zero-order valence-electron chi connectivity index (χ0n) is 18.0. The molecule has 2 heterocycles. The number of carbonyl (C=O) groups is 2. The summed E-state index contributed by atoms with van der Waals surface area (Å²) < 4.78 is 16.9. The third kappa shape index (κ3) is 4.82. The topological polar surface area (TPSA) is 68.3 Å². The number of ether oxygens (including phenoxy) is 3. The van der Waals surface area contributed by atoms with Gasteiger partial charge < -0.3 is 24.0 Å². The molecule has 2 aliphatic heterocycles. The van der Waals surface area contributed by atoms with Gasteiger partial charge >= 0.3 is 0 Å². The number of methoxy groups -OCH3 is 1. The lowest BCUT2D eigenvalue weighted by atomic mass is 9.98. The summed E-state index contributed by atoms with van der Waals surface area (Å²) in [5, 5.41) is 0. The number of para-hydroxylation sites is 1. The Morgan fingerprint density at radius 3 is 2.71 bits per heavy atom. The molecule has 0 bridgehead atoms. The van der Waals surface area contributed by atoms with Gasteiger partial charge in [0.2, 0.25) is 11.8 Å². The molecule has 0 unspecified atom stereocenters. The maximum atomic E-state index is 12.7. The molecule has 2 atom stereocenters. The quantitative estimate of drug-likeness (QED) is 0.684. The maximum absolute atomic E-state index is 12.7. The number of likely N-dealkylation sites (tertiary alicyclic amines) is 1. The normalized spacial score (nSPS) is 20.7. The molecule has 4 rings (SSSR count). The van der Waals surface area contributed by atoms with Crippen molar-refractivity contribution in [2.45, 2.75) is 24.9 Å². The average molecular weight is 424 g/mol. The number of likely N-dealkylation sites (N-methyl/N-ethyl adjacent to an activating group) is 1. The summed E-state index contributed by atoms with van der Waals surface area (Å²) in [4.78, 5) is 28.6. The minimum Gasteiger partial charge on any atom is -0.493 e. The third-order valence-corrected chi connectivity index (χ3v) is 5.90. The first-order valence-corrected chi connectivity index (χ1v) is 10.6. The van der Waals surface area contributed by atoms with Crippen LogP contribution < -0.4 is 14.4 Å². The summed E-state index contributed by atoms with van der Waals surface area (Å²) in [6.07, 6.45) is 1.23. The Morgan fingerprint density at radius 1 is 1.19 bits per heavy atom. The van der Waals surface area contributed by atoms with Crippen molar-refractivity contribution < 1.29 is 23.8 Å². The second-order valence-electron chi connectivity index (χ2n) is 7.98. The molecule has 0 saturated carbocycles. The first-order chi connectivity index (χ1) is 15.0. The van der Waals surface area contributed by atoms with Gasteiger partial charge in [-0.1, -0.05) is 24.3 Å². The van der Waals surface area contributed by atoms with Gasteiger partial charge in [-0.05, 0) is 29.8 Å². The van der Waals surface area contributed by atoms with E-state index in [1.807, 2.05) is 48.5 Å². The van der Waals surface area contributed by atoms with E-state index in [2.05, 4.69) is 0 Å². The fourth-order valence-corrected chi connectivity index (χ4v) is 4.04. The lowest BCUT2D eigenvalue weighted by molar-refractivity contribution is -0.132. The Kier molecular flexibility index (Phi) is 6.42. The van der Waals surface area contributed by atoms with Gasteiger partial charge in [0.1, 0.15) is 12.6 Å². The smallest absolute Gasteiger partial charge is 0.246 e. The molecule has 2 aliphatic rings. The lowest BCUT2D eigenvalue weighted by Gasteiger charge is -2.22. The van der Waals surface area contributed by atoms with Crippen molar-refractivity contribution in [3.8, 4) is 11.5 Å². The minimum atomic E-state index is -0.111. The highest BCUT2D eigenvalue weighted by molar-refractivity contribution is 5.96. The Balaban J connectivity index is 1.43. The number of amides is 2. The summed E-state index contributed by atoms with van der Waals surface area (Å²) in [5.41, 5.74) is 1.82. The fraction of sp³-hybridized carbons (Fsp3) is 0.417. The molecule has 2 fully saturated rings. The van der Waals surface area contributed by atoms with Crippen LogP contribution in [0.5, 0.6) is 11.5 Å². The Morgan fingerprint density at radius 2 is 2.00 bits per heavy atom. The molecule has 0 aliphatic carbocycles. The molecule has 2 aromatic rings. The van der Waals surface area contributed by atoms with Gasteiger partial charge in [0.05, 0.1) is 20.3 Å². The monoisotopic (exact) mass is 424 g/mol. The first kappa shape index (κ1) is 21.2. The number of carbonyl (C=O) groups excluding carboxylic acids is 2. The van der Waals surface area contributed by atoms with E-state index in [-0.39, 0.29) is 30.4 Å². The molecule has 2 amide bonds. The van der Waals surface area contributed by atoms with E-state index in [0.29, 0.717) is 37.7 Å². The van der Waals surface area contributed by atoms with Crippen LogP contribution in [0.15, 0.2) is 48.5 Å². The van der Waals surface area contributed by atoms with E-state index in [1.54, 1.807) is 24.0 Å². The molecule has 0 aromatic heterocycles. The predicted molar refractivity (Wildman–Crippen MR) is 117 cm³/mol. The molecule has 31 heavy (non-hydrogen) atoms. The molecule has 0 N–H and O–H groups in total. The van der Waals surface area contributed by atoms with Crippen LogP contribution in [0.2, 0.25) is 0 Å². The number of anilines is 1. The van der Waals surface area contributed by atoms with Crippen molar-refractivity contribution in [2.24, 2.45) is 0 Å². The van der Waals surface area contributed by atoms with Crippen LogP contribution in [-0.2, 0) is 14.3 Å². The van der Waals surface area contributed by atoms with Crippen LogP contribution in [0.4, 0.5) is 5.69 Å². The van der Waals surface area contributed by atoms with Gasteiger partial charge in [0.25, 0.3) is 0 Å². The highest BCUT2D eigenvalue weighted by Crippen LogP contribution is 2.36. The molecule has 2 aromatic carbocycles. The summed E-state index contributed by atoms with van der Waals surface area (Å²) >= 11 is 0. The van der Waals surface area contributed by atoms with E-state index >= 15 is 0 Å². The van der Waals surface area contributed by atoms with Crippen LogP contribution in [0.25, 0.3) is 0 Å². The number of hydrogen-bond donors (Lipinski definition) is 0. The van der Waals surface area contributed by atoms with E-state index in [1.165, 1.54) is 0 Å². The molecule has 0 radical (unpaired) electrons. The fourth-order valence-electron chi connectivity index (χ4n) is 4.04.